The van der Waals surface area contributed by atoms with Crippen molar-refractivity contribution in [3.63, 3.8) is 0 Å². The zero-order valence-corrected chi connectivity index (χ0v) is 9.89. The number of anilines is 1. The summed E-state index contributed by atoms with van der Waals surface area (Å²) >= 11 is 0. The van der Waals surface area contributed by atoms with Gasteiger partial charge in [0.1, 0.15) is 0 Å². The number of nitrogens with zero attached hydrogens (tertiary/aromatic N) is 3. The van der Waals surface area contributed by atoms with Crippen LogP contribution in [0.4, 0.5) is 5.82 Å². The van der Waals surface area contributed by atoms with Crippen molar-refractivity contribution in [1.82, 2.24) is 15.5 Å². The van der Waals surface area contributed by atoms with E-state index in [0.717, 1.165) is 37.9 Å². The van der Waals surface area contributed by atoms with Crippen LogP contribution in [-0.2, 0) is 0 Å². The van der Waals surface area contributed by atoms with Crippen molar-refractivity contribution in [3.05, 3.63) is 18.3 Å². The first-order chi connectivity index (χ1) is 7.90. The molecule has 0 bridgehead atoms. The van der Waals surface area contributed by atoms with E-state index in [1.54, 1.807) is 6.20 Å². The maximum Gasteiger partial charge on any atom is 0.151 e. The first-order valence-corrected chi connectivity index (χ1v) is 6.13. The lowest BCUT2D eigenvalue weighted by Gasteiger charge is -2.29. The van der Waals surface area contributed by atoms with Gasteiger partial charge in [-0.3, -0.25) is 0 Å². The van der Waals surface area contributed by atoms with Crippen LogP contribution in [0.25, 0.3) is 0 Å². The van der Waals surface area contributed by atoms with Crippen LogP contribution in [0.15, 0.2) is 18.3 Å². The number of rotatable bonds is 4. The number of hydrogen-bond donors (Lipinski definition) is 1. The predicted octanol–water partition coefficient (Wildman–Crippen LogP) is 1.30. The van der Waals surface area contributed by atoms with Crippen molar-refractivity contribution in [2.45, 2.75) is 19.8 Å². The molecule has 2 rings (SSSR count). The van der Waals surface area contributed by atoms with E-state index in [4.69, 9.17) is 0 Å². The minimum atomic E-state index is 0.795. The van der Waals surface area contributed by atoms with Crippen LogP contribution in [0, 0.1) is 5.92 Å². The SMILES string of the molecule is CCN(CC1CCNCC1)c1cccnn1. The lowest BCUT2D eigenvalue weighted by molar-refractivity contribution is 0.374. The van der Waals surface area contributed by atoms with Crippen molar-refractivity contribution in [1.29, 1.82) is 0 Å². The van der Waals surface area contributed by atoms with Gasteiger partial charge in [0, 0.05) is 19.3 Å². The number of piperidine rings is 1. The molecule has 1 aromatic heterocycles. The second-order valence-corrected chi connectivity index (χ2v) is 4.31. The summed E-state index contributed by atoms with van der Waals surface area (Å²) in [6, 6.07) is 3.99. The molecule has 0 amide bonds. The largest absolute Gasteiger partial charge is 0.355 e. The van der Waals surface area contributed by atoms with E-state index in [1.807, 2.05) is 12.1 Å². The predicted molar refractivity (Wildman–Crippen MR) is 65.5 cm³/mol. The van der Waals surface area contributed by atoms with Crippen molar-refractivity contribution in [2.75, 3.05) is 31.1 Å². The molecule has 0 atom stereocenters. The Morgan fingerprint density at radius 3 is 2.88 bits per heavy atom. The molecule has 0 saturated carbocycles. The molecule has 0 aliphatic carbocycles. The number of nitrogens with one attached hydrogen (secondary N) is 1. The van der Waals surface area contributed by atoms with E-state index in [2.05, 4.69) is 27.3 Å². The maximum absolute atomic E-state index is 4.18. The Labute approximate surface area is 97.1 Å². The summed E-state index contributed by atoms with van der Waals surface area (Å²) in [5.74, 6) is 1.80. The third-order valence-electron chi connectivity index (χ3n) is 3.20. The lowest BCUT2D eigenvalue weighted by Crippen LogP contribution is -2.36. The highest BCUT2D eigenvalue weighted by molar-refractivity contribution is 5.35. The highest BCUT2D eigenvalue weighted by atomic mass is 15.3. The van der Waals surface area contributed by atoms with E-state index < -0.39 is 0 Å². The lowest BCUT2D eigenvalue weighted by atomic mass is 9.97. The molecule has 1 N–H and O–H groups in total. The van der Waals surface area contributed by atoms with Gasteiger partial charge in [-0.25, -0.2) is 0 Å². The van der Waals surface area contributed by atoms with Gasteiger partial charge < -0.3 is 10.2 Å². The van der Waals surface area contributed by atoms with Crippen LogP contribution in [0.5, 0.6) is 0 Å². The quantitative estimate of drug-likeness (QED) is 0.830. The van der Waals surface area contributed by atoms with Crippen molar-refractivity contribution < 1.29 is 0 Å². The summed E-state index contributed by atoms with van der Waals surface area (Å²) in [7, 11) is 0. The fraction of sp³-hybridized carbons (Fsp3) is 0.667. The van der Waals surface area contributed by atoms with E-state index in [1.165, 1.54) is 12.8 Å². The van der Waals surface area contributed by atoms with Crippen LogP contribution >= 0.6 is 0 Å². The molecule has 1 aliphatic heterocycles. The third kappa shape index (κ3) is 2.92. The van der Waals surface area contributed by atoms with E-state index in [9.17, 15) is 0 Å². The average molecular weight is 220 g/mol. The first-order valence-electron chi connectivity index (χ1n) is 6.13. The van der Waals surface area contributed by atoms with Gasteiger partial charge in [-0.05, 0) is 50.9 Å². The molecule has 0 aromatic carbocycles. The van der Waals surface area contributed by atoms with Crippen molar-refractivity contribution >= 4 is 5.82 Å². The molecular weight excluding hydrogens is 200 g/mol. The maximum atomic E-state index is 4.18. The molecule has 1 aliphatic rings. The monoisotopic (exact) mass is 220 g/mol. The zero-order valence-electron chi connectivity index (χ0n) is 9.89. The van der Waals surface area contributed by atoms with Gasteiger partial charge in [0.05, 0.1) is 0 Å². The number of aromatic nitrogens is 2. The summed E-state index contributed by atoms with van der Waals surface area (Å²) in [5, 5.41) is 11.5. The van der Waals surface area contributed by atoms with Crippen LogP contribution in [0.2, 0.25) is 0 Å². The molecular formula is C12H20N4. The van der Waals surface area contributed by atoms with Crippen molar-refractivity contribution in [3.8, 4) is 0 Å². The highest BCUT2D eigenvalue weighted by Crippen LogP contribution is 2.16. The molecule has 0 spiro atoms. The minimum absolute atomic E-state index is 0.795. The summed E-state index contributed by atoms with van der Waals surface area (Å²) in [4.78, 5) is 2.32. The highest BCUT2D eigenvalue weighted by Gasteiger charge is 2.16. The van der Waals surface area contributed by atoms with Crippen LogP contribution in [0.3, 0.4) is 0 Å². The van der Waals surface area contributed by atoms with Gasteiger partial charge in [-0.2, -0.15) is 5.10 Å². The summed E-state index contributed by atoms with van der Waals surface area (Å²) in [5.41, 5.74) is 0. The second-order valence-electron chi connectivity index (χ2n) is 4.31. The Bertz CT molecular complexity index is 295. The van der Waals surface area contributed by atoms with Crippen LogP contribution < -0.4 is 10.2 Å². The van der Waals surface area contributed by atoms with E-state index >= 15 is 0 Å². The van der Waals surface area contributed by atoms with Gasteiger partial charge in [0.2, 0.25) is 0 Å². The van der Waals surface area contributed by atoms with Crippen molar-refractivity contribution in [2.24, 2.45) is 5.92 Å². The van der Waals surface area contributed by atoms with Crippen LogP contribution in [-0.4, -0.2) is 36.4 Å². The molecule has 1 aromatic rings. The van der Waals surface area contributed by atoms with Gasteiger partial charge in [0.25, 0.3) is 0 Å². The Hall–Kier alpha value is -1.16. The Morgan fingerprint density at radius 2 is 2.25 bits per heavy atom. The summed E-state index contributed by atoms with van der Waals surface area (Å²) in [6.45, 7) is 6.60. The minimum Gasteiger partial charge on any atom is -0.355 e. The normalized spacial score (nSPS) is 17.3. The fourth-order valence-electron chi connectivity index (χ4n) is 2.22. The Balaban J connectivity index is 1.94. The molecule has 2 heterocycles. The summed E-state index contributed by atoms with van der Waals surface area (Å²) < 4.78 is 0. The fourth-order valence-corrected chi connectivity index (χ4v) is 2.22. The van der Waals surface area contributed by atoms with Gasteiger partial charge >= 0.3 is 0 Å². The van der Waals surface area contributed by atoms with Gasteiger partial charge in [-0.1, -0.05) is 0 Å². The topological polar surface area (TPSA) is 41.0 Å². The standard InChI is InChI=1S/C12H20N4/c1-2-16(12-4-3-7-14-15-12)10-11-5-8-13-9-6-11/h3-4,7,11,13H,2,5-6,8-10H2,1H3. The van der Waals surface area contributed by atoms with E-state index in [-0.39, 0.29) is 0 Å². The zero-order chi connectivity index (χ0) is 11.2. The van der Waals surface area contributed by atoms with Crippen LogP contribution in [0.1, 0.15) is 19.8 Å². The Kier molecular flexibility index (Phi) is 4.10. The molecule has 16 heavy (non-hydrogen) atoms. The average Bonchev–Trinajstić information content (AvgIpc) is 2.38. The first kappa shape index (κ1) is 11.3. The third-order valence-corrected chi connectivity index (χ3v) is 3.20. The molecule has 0 unspecified atom stereocenters. The number of hydrogen-bond acceptors (Lipinski definition) is 4. The van der Waals surface area contributed by atoms with Gasteiger partial charge in [0.15, 0.2) is 5.82 Å². The smallest absolute Gasteiger partial charge is 0.151 e. The molecule has 0 radical (unpaired) electrons. The summed E-state index contributed by atoms with van der Waals surface area (Å²) in [6.07, 6.45) is 4.27. The molecule has 88 valence electrons. The Morgan fingerprint density at radius 1 is 1.44 bits per heavy atom. The molecule has 1 saturated heterocycles. The second kappa shape index (κ2) is 5.80. The van der Waals surface area contributed by atoms with E-state index in [0.29, 0.717) is 0 Å². The molecule has 4 nitrogen and oxygen atoms in total. The van der Waals surface area contributed by atoms with Gasteiger partial charge in [-0.15, -0.1) is 5.10 Å². The molecule has 1 fully saturated rings. The molecule has 4 heteroatoms.